The van der Waals surface area contributed by atoms with Crippen LogP contribution in [0.2, 0.25) is 5.02 Å². The molecule has 1 aromatic carbocycles. The van der Waals surface area contributed by atoms with E-state index in [2.05, 4.69) is 9.88 Å². The van der Waals surface area contributed by atoms with Gasteiger partial charge < -0.3 is 10.0 Å². The highest BCUT2D eigenvalue weighted by atomic mass is 35.5. The molecule has 0 radical (unpaired) electrons. The van der Waals surface area contributed by atoms with Crippen molar-refractivity contribution in [3.8, 4) is 5.75 Å². The van der Waals surface area contributed by atoms with Gasteiger partial charge in [-0.25, -0.2) is 4.98 Å². The van der Waals surface area contributed by atoms with Crippen LogP contribution in [-0.2, 0) is 6.54 Å². The molecule has 1 aliphatic rings. The van der Waals surface area contributed by atoms with Crippen LogP contribution < -0.4 is 5.56 Å². The topological polar surface area (TPSA) is 78.2 Å². The van der Waals surface area contributed by atoms with Crippen LogP contribution in [0.5, 0.6) is 5.75 Å². The summed E-state index contributed by atoms with van der Waals surface area (Å²) in [5.41, 5.74) is 0.866. The second-order valence-electron chi connectivity index (χ2n) is 6.37. The molecular weight excluding hydrogens is 388 g/mol. The largest absolute Gasteiger partial charge is 0.507 e. The Labute approximate surface area is 164 Å². The third kappa shape index (κ3) is 3.69. The number of phenols is 1. The van der Waals surface area contributed by atoms with E-state index in [1.165, 1.54) is 27.9 Å². The minimum Gasteiger partial charge on any atom is -0.507 e. The average Bonchev–Trinajstić information content (AvgIpc) is 3.13. The van der Waals surface area contributed by atoms with Crippen molar-refractivity contribution in [3.05, 3.63) is 62.5 Å². The second kappa shape index (κ2) is 7.30. The molecule has 0 saturated carbocycles. The normalized spacial score (nSPS) is 15.4. The zero-order valence-electron chi connectivity index (χ0n) is 14.3. The number of carbonyl (C=O) groups excluding carboxylic acids is 1. The molecule has 3 heterocycles. The molecule has 0 spiro atoms. The van der Waals surface area contributed by atoms with E-state index in [4.69, 9.17) is 11.6 Å². The Bertz CT molecular complexity index is 1060. The summed E-state index contributed by atoms with van der Waals surface area (Å²) in [4.78, 5) is 33.8. The quantitative estimate of drug-likeness (QED) is 0.723. The average molecular weight is 405 g/mol. The van der Waals surface area contributed by atoms with Gasteiger partial charge in [-0.3, -0.25) is 18.9 Å². The fourth-order valence-corrected chi connectivity index (χ4v) is 4.07. The van der Waals surface area contributed by atoms with Crippen molar-refractivity contribution >= 4 is 33.8 Å². The van der Waals surface area contributed by atoms with E-state index in [1.54, 1.807) is 23.2 Å². The summed E-state index contributed by atoms with van der Waals surface area (Å²) < 4.78 is 1.53. The van der Waals surface area contributed by atoms with Crippen molar-refractivity contribution in [3.63, 3.8) is 0 Å². The number of thiazole rings is 1. The first-order valence-electron chi connectivity index (χ1n) is 8.47. The molecule has 1 aliphatic heterocycles. The van der Waals surface area contributed by atoms with Gasteiger partial charge in [0.15, 0.2) is 4.96 Å². The maximum Gasteiger partial charge on any atom is 0.258 e. The molecule has 1 fully saturated rings. The fourth-order valence-electron chi connectivity index (χ4n) is 3.16. The number of fused-ring (bicyclic) bond motifs is 1. The molecule has 0 atom stereocenters. The molecule has 2 aromatic heterocycles. The highest BCUT2D eigenvalue weighted by molar-refractivity contribution is 7.15. The summed E-state index contributed by atoms with van der Waals surface area (Å²) >= 11 is 7.36. The van der Waals surface area contributed by atoms with E-state index >= 15 is 0 Å². The van der Waals surface area contributed by atoms with E-state index in [-0.39, 0.29) is 22.8 Å². The predicted octanol–water partition coefficient (Wildman–Crippen LogP) is 2.07. The molecule has 7 nitrogen and oxygen atoms in total. The smallest absolute Gasteiger partial charge is 0.258 e. The third-order valence-electron chi connectivity index (χ3n) is 4.59. The van der Waals surface area contributed by atoms with Crippen LogP contribution in [0, 0.1) is 0 Å². The third-order valence-corrected chi connectivity index (χ3v) is 5.58. The molecule has 0 aliphatic carbocycles. The number of rotatable bonds is 3. The zero-order valence-corrected chi connectivity index (χ0v) is 15.9. The molecule has 9 heteroatoms. The summed E-state index contributed by atoms with van der Waals surface area (Å²) in [7, 11) is 0. The van der Waals surface area contributed by atoms with Gasteiger partial charge in [0, 0.05) is 55.4 Å². The Hall–Kier alpha value is -2.42. The van der Waals surface area contributed by atoms with Gasteiger partial charge in [0.05, 0.1) is 11.3 Å². The number of hydrogen-bond donors (Lipinski definition) is 1. The van der Waals surface area contributed by atoms with Crippen molar-refractivity contribution < 1.29 is 9.90 Å². The van der Waals surface area contributed by atoms with E-state index < -0.39 is 0 Å². The molecule has 27 heavy (non-hydrogen) atoms. The number of aromatic nitrogens is 2. The lowest BCUT2D eigenvalue weighted by Gasteiger charge is -2.34. The molecule has 1 amide bonds. The molecule has 0 bridgehead atoms. The summed E-state index contributed by atoms with van der Waals surface area (Å²) in [5.74, 6) is -0.299. The maximum absolute atomic E-state index is 12.6. The number of hydrogen-bond acceptors (Lipinski definition) is 6. The number of benzene rings is 1. The van der Waals surface area contributed by atoms with Gasteiger partial charge in [0.2, 0.25) is 0 Å². The summed E-state index contributed by atoms with van der Waals surface area (Å²) in [6.07, 6.45) is 1.72. The lowest BCUT2D eigenvalue weighted by molar-refractivity contribution is 0.0624. The van der Waals surface area contributed by atoms with Crippen LogP contribution in [0.1, 0.15) is 16.1 Å². The SMILES string of the molecule is O=C(c1cc(Cl)ccc1O)N1CCN(Cc2cc(=O)n3ccsc3n2)CC1. The Kier molecular flexibility index (Phi) is 4.86. The lowest BCUT2D eigenvalue weighted by Crippen LogP contribution is -2.48. The zero-order chi connectivity index (χ0) is 19.0. The van der Waals surface area contributed by atoms with Crippen LogP contribution in [-0.4, -0.2) is 56.4 Å². The van der Waals surface area contributed by atoms with Crippen LogP contribution in [0.4, 0.5) is 0 Å². The van der Waals surface area contributed by atoms with Crippen molar-refractivity contribution in [2.24, 2.45) is 0 Å². The van der Waals surface area contributed by atoms with Crippen molar-refractivity contribution in [2.45, 2.75) is 6.54 Å². The van der Waals surface area contributed by atoms with Gasteiger partial charge >= 0.3 is 0 Å². The molecule has 4 rings (SSSR count). The summed E-state index contributed by atoms with van der Waals surface area (Å²) in [6.45, 7) is 2.96. The Morgan fingerprint density at radius 2 is 2.00 bits per heavy atom. The molecule has 3 aromatic rings. The maximum atomic E-state index is 12.6. The second-order valence-corrected chi connectivity index (χ2v) is 7.68. The number of halogens is 1. The molecule has 0 unspecified atom stereocenters. The van der Waals surface area contributed by atoms with Gasteiger partial charge in [-0.05, 0) is 18.2 Å². The minimum absolute atomic E-state index is 0.0687. The van der Waals surface area contributed by atoms with Gasteiger partial charge in [-0.2, -0.15) is 0 Å². The van der Waals surface area contributed by atoms with E-state index in [1.807, 2.05) is 5.38 Å². The lowest BCUT2D eigenvalue weighted by atomic mass is 10.1. The Balaban J connectivity index is 1.41. The number of amides is 1. The van der Waals surface area contributed by atoms with Crippen LogP contribution in [0.15, 0.2) is 40.6 Å². The van der Waals surface area contributed by atoms with Crippen molar-refractivity contribution in [2.75, 3.05) is 26.2 Å². The summed E-state index contributed by atoms with van der Waals surface area (Å²) in [5, 5.41) is 12.2. The van der Waals surface area contributed by atoms with Gasteiger partial charge in [0.25, 0.3) is 11.5 Å². The highest BCUT2D eigenvalue weighted by Gasteiger charge is 2.24. The van der Waals surface area contributed by atoms with Crippen LogP contribution >= 0.6 is 22.9 Å². The fraction of sp³-hybridized carbons (Fsp3) is 0.278. The number of piperazine rings is 1. The first-order chi connectivity index (χ1) is 13.0. The van der Waals surface area contributed by atoms with E-state index in [0.717, 1.165) is 5.69 Å². The van der Waals surface area contributed by atoms with Gasteiger partial charge in [-0.1, -0.05) is 11.6 Å². The Morgan fingerprint density at radius 1 is 1.22 bits per heavy atom. The van der Waals surface area contributed by atoms with E-state index in [9.17, 15) is 14.7 Å². The number of phenolic OH excluding ortho intramolecular Hbond substituents is 1. The molecule has 140 valence electrons. The highest BCUT2D eigenvalue weighted by Crippen LogP contribution is 2.23. The van der Waals surface area contributed by atoms with Crippen molar-refractivity contribution in [1.82, 2.24) is 19.2 Å². The van der Waals surface area contributed by atoms with Crippen LogP contribution in [0.25, 0.3) is 4.96 Å². The minimum atomic E-state index is -0.231. The standard InChI is InChI=1S/C18H17ClN4O3S/c19-12-1-2-15(24)14(9-12)17(26)22-5-3-21(4-6-22)11-13-10-16(25)23-7-8-27-18(23)20-13/h1-2,7-10,24H,3-6,11H2. The monoisotopic (exact) mass is 404 g/mol. The van der Waals surface area contributed by atoms with Crippen molar-refractivity contribution in [1.29, 1.82) is 0 Å². The first kappa shape index (κ1) is 18.0. The molecule has 1 saturated heterocycles. The molecule has 1 N–H and O–H groups in total. The van der Waals surface area contributed by atoms with Gasteiger partial charge in [-0.15, -0.1) is 11.3 Å². The number of aromatic hydroxyl groups is 1. The predicted molar refractivity (Wildman–Crippen MR) is 104 cm³/mol. The molecular formula is C18H17ClN4O3S. The number of carbonyl (C=O) groups is 1. The van der Waals surface area contributed by atoms with E-state index in [0.29, 0.717) is 42.7 Å². The first-order valence-corrected chi connectivity index (χ1v) is 9.73. The van der Waals surface area contributed by atoms with Crippen LogP contribution in [0.3, 0.4) is 0 Å². The summed E-state index contributed by atoms with van der Waals surface area (Å²) in [6, 6.07) is 6.02. The number of nitrogens with zero attached hydrogens (tertiary/aromatic N) is 4. The Morgan fingerprint density at radius 3 is 2.78 bits per heavy atom. The van der Waals surface area contributed by atoms with Gasteiger partial charge in [0.1, 0.15) is 5.75 Å².